The number of hydrogen-bond acceptors (Lipinski definition) is 5. The summed E-state index contributed by atoms with van der Waals surface area (Å²) in [5, 5.41) is 4.64. The van der Waals surface area contributed by atoms with Crippen LogP contribution < -0.4 is 15.4 Å². The van der Waals surface area contributed by atoms with Crippen molar-refractivity contribution in [1.29, 1.82) is 0 Å². The van der Waals surface area contributed by atoms with Gasteiger partial charge in [-0.3, -0.25) is 9.59 Å². The lowest BCUT2D eigenvalue weighted by Gasteiger charge is -2.07. The molecule has 0 aliphatic rings. The molecule has 2 amide bonds. The summed E-state index contributed by atoms with van der Waals surface area (Å²) in [4.78, 5) is 33.5. The van der Waals surface area contributed by atoms with Gasteiger partial charge in [0.15, 0.2) is 13.2 Å². The van der Waals surface area contributed by atoms with Gasteiger partial charge in [-0.05, 0) is 18.2 Å². The zero-order chi connectivity index (χ0) is 15.7. The first-order chi connectivity index (χ1) is 10.0. The molecule has 0 radical (unpaired) electrons. The summed E-state index contributed by atoms with van der Waals surface area (Å²) in [6, 6.07) is 6.97. The lowest BCUT2D eigenvalue weighted by molar-refractivity contribution is -0.150. The maximum atomic E-state index is 11.4. The molecular formula is C13H15BrN2O5. The number of ether oxygens (including phenoxy) is 2. The van der Waals surface area contributed by atoms with Gasteiger partial charge in [-0.2, -0.15) is 0 Å². The molecule has 8 heteroatoms. The summed E-state index contributed by atoms with van der Waals surface area (Å²) >= 11 is 3.27. The smallest absolute Gasteiger partial charge is 0.344 e. The van der Waals surface area contributed by atoms with Gasteiger partial charge in [0.1, 0.15) is 5.75 Å². The first kappa shape index (κ1) is 17.0. The third-order valence-electron chi connectivity index (χ3n) is 2.24. The van der Waals surface area contributed by atoms with Crippen LogP contribution in [0.25, 0.3) is 0 Å². The van der Waals surface area contributed by atoms with Crippen LogP contribution in [0.15, 0.2) is 28.7 Å². The Morgan fingerprint density at radius 2 is 1.95 bits per heavy atom. The van der Waals surface area contributed by atoms with E-state index in [1.54, 1.807) is 18.2 Å². The number of benzene rings is 1. The lowest BCUT2D eigenvalue weighted by atomic mass is 10.3. The first-order valence-corrected chi connectivity index (χ1v) is 6.82. The molecule has 0 heterocycles. The van der Waals surface area contributed by atoms with Crippen molar-refractivity contribution in [1.82, 2.24) is 10.6 Å². The molecule has 0 spiro atoms. The molecule has 114 valence electrons. The van der Waals surface area contributed by atoms with Crippen molar-refractivity contribution >= 4 is 33.7 Å². The highest BCUT2D eigenvalue weighted by atomic mass is 79.9. The van der Waals surface area contributed by atoms with Crippen LogP contribution in [-0.2, 0) is 19.1 Å². The minimum Gasteiger partial charge on any atom is -0.482 e. The van der Waals surface area contributed by atoms with Crippen LogP contribution in [0.1, 0.15) is 0 Å². The number of halogens is 1. The second-order valence-electron chi connectivity index (χ2n) is 3.86. The monoisotopic (exact) mass is 358 g/mol. The zero-order valence-electron chi connectivity index (χ0n) is 11.3. The highest BCUT2D eigenvalue weighted by Crippen LogP contribution is 2.17. The fourth-order valence-electron chi connectivity index (χ4n) is 1.21. The Balaban J connectivity index is 2.22. The van der Waals surface area contributed by atoms with Crippen molar-refractivity contribution in [3.63, 3.8) is 0 Å². The fourth-order valence-corrected chi connectivity index (χ4v) is 1.58. The highest BCUT2D eigenvalue weighted by molar-refractivity contribution is 9.10. The average molecular weight is 359 g/mol. The van der Waals surface area contributed by atoms with Crippen LogP contribution >= 0.6 is 15.9 Å². The van der Waals surface area contributed by atoms with Gasteiger partial charge in [0, 0.05) is 11.5 Å². The predicted molar refractivity (Wildman–Crippen MR) is 77.7 cm³/mol. The Kier molecular flexibility index (Phi) is 7.24. The molecule has 7 nitrogen and oxygen atoms in total. The Morgan fingerprint density at radius 1 is 1.19 bits per heavy atom. The van der Waals surface area contributed by atoms with Crippen LogP contribution in [0.2, 0.25) is 0 Å². The second-order valence-corrected chi connectivity index (χ2v) is 4.77. The Hall–Kier alpha value is -2.09. The van der Waals surface area contributed by atoms with Crippen molar-refractivity contribution in [3.8, 4) is 5.75 Å². The minimum atomic E-state index is -0.676. The number of nitrogens with one attached hydrogen (secondary N) is 2. The predicted octanol–water partition coefficient (Wildman–Crippen LogP) is 0.233. The summed E-state index contributed by atoms with van der Waals surface area (Å²) in [5.41, 5.74) is 0. The van der Waals surface area contributed by atoms with Gasteiger partial charge in [-0.1, -0.05) is 22.0 Å². The largest absolute Gasteiger partial charge is 0.482 e. The molecule has 2 N–H and O–H groups in total. The number of esters is 1. The molecule has 0 aliphatic heterocycles. The van der Waals surface area contributed by atoms with E-state index in [1.807, 2.05) is 6.07 Å². The number of amides is 2. The summed E-state index contributed by atoms with van der Waals surface area (Å²) in [6.07, 6.45) is 0. The molecule has 0 unspecified atom stereocenters. The molecule has 1 aromatic rings. The SMILES string of the molecule is CNC(=O)CNC(=O)COC(=O)COc1cccc(Br)c1. The first-order valence-electron chi connectivity index (χ1n) is 6.02. The van der Waals surface area contributed by atoms with Crippen LogP contribution in [0.5, 0.6) is 5.75 Å². The summed E-state index contributed by atoms with van der Waals surface area (Å²) in [5.74, 6) is -1.07. The Labute approximate surface area is 130 Å². The van der Waals surface area contributed by atoms with E-state index in [0.29, 0.717) is 5.75 Å². The van der Waals surface area contributed by atoms with Crippen LogP contribution in [-0.4, -0.2) is 44.6 Å². The van der Waals surface area contributed by atoms with Gasteiger partial charge in [-0.15, -0.1) is 0 Å². The maximum absolute atomic E-state index is 11.4. The molecule has 0 atom stereocenters. The fraction of sp³-hybridized carbons (Fsp3) is 0.308. The Morgan fingerprint density at radius 3 is 2.62 bits per heavy atom. The van der Waals surface area contributed by atoms with Gasteiger partial charge >= 0.3 is 5.97 Å². The van der Waals surface area contributed by atoms with Crippen molar-refractivity contribution in [3.05, 3.63) is 28.7 Å². The lowest BCUT2D eigenvalue weighted by Crippen LogP contribution is -2.37. The van der Waals surface area contributed by atoms with Gasteiger partial charge < -0.3 is 20.1 Å². The van der Waals surface area contributed by atoms with Crippen LogP contribution in [0, 0.1) is 0 Å². The second kappa shape index (κ2) is 8.96. The van der Waals surface area contributed by atoms with Crippen LogP contribution in [0.3, 0.4) is 0 Å². The van der Waals surface area contributed by atoms with E-state index >= 15 is 0 Å². The van der Waals surface area contributed by atoms with Crippen molar-refractivity contribution in [2.75, 3.05) is 26.8 Å². The van der Waals surface area contributed by atoms with E-state index in [9.17, 15) is 14.4 Å². The molecule has 0 fully saturated rings. The van der Waals surface area contributed by atoms with E-state index in [0.717, 1.165) is 4.47 Å². The Bertz CT molecular complexity index is 521. The van der Waals surface area contributed by atoms with Crippen LogP contribution in [0.4, 0.5) is 0 Å². The van der Waals surface area contributed by atoms with E-state index < -0.39 is 18.5 Å². The molecule has 0 aromatic heterocycles. The minimum absolute atomic E-state index is 0.165. The quantitative estimate of drug-likeness (QED) is 0.680. The summed E-state index contributed by atoms with van der Waals surface area (Å²) < 4.78 is 10.7. The standard InChI is InChI=1S/C13H15BrN2O5/c1-15-11(17)6-16-12(18)7-21-13(19)8-20-10-4-2-3-9(14)5-10/h2-5H,6-8H2,1H3,(H,15,17)(H,16,18). The molecule has 1 rings (SSSR count). The highest BCUT2D eigenvalue weighted by Gasteiger charge is 2.09. The number of hydrogen-bond donors (Lipinski definition) is 2. The normalized spacial score (nSPS) is 9.62. The molecule has 0 saturated heterocycles. The van der Waals surface area contributed by atoms with Crippen molar-refractivity contribution < 1.29 is 23.9 Å². The maximum Gasteiger partial charge on any atom is 0.344 e. The third kappa shape index (κ3) is 7.31. The van der Waals surface area contributed by atoms with Gasteiger partial charge in [0.05, 0.1) is 6.54 Å². The van der Waals surface area contributed by atoms with E-state index in [2.05, 4.69) is 26.6 Å². The zero-order valence-corrected chi connectivity index (χ0v) is 12.9. The molecule has 21 heavy (non-hydrogen) atoms. The number of likely N-dealkylation sites (N-methyl/N-ethyl adjacent to an activating group) is 1. The molecule has 0 aliphatic carbocycles. The third-order valence-corrected chi connectivity index (χ3v) is 2.74. The molecular weight excluding hydrogens is 344 g/mol. The summed E-state index contributed by atoms with van der Waals surface area (Å²) in [6.45, 7) is -0.932. The van der Waals surface area contributed by atoms with E-state index in [-0.39, 0.29) is 19.1 Å². The number of carbonyl (C=O) groups excluding carboxylic acids is 3. The van der Waals surface area contributed by atoms with E-state index in [4.69, 9.17) is 9.47 Å². The van der Waals surface area contributed by atoms with Gasteiger partial charge in [0.2, 0.25) is 5.91 Å². The molecule has 0 bridgehead atoms. The van der Waals surface area contributed by atoms with Gasteiger partial charge in [0.25, 0.3) is 5.91 Å². The van der Waals surface area contributed by atoms with Crippen molar-refractivity contribution in [2.45, 2.75) is 0 Å². The number of rotatable bonds is 7. The number of carbonyl (C=O) groups is 3. The topological polar surface area (TPSA) is 93.7 Å². The van der Waals surface area contributed by atoms with Crippen molar-refractivity contribution in [2.24, 2.45) is 0 Å². The van der Waals surface area contributed by atoms with E-state index in [1.165, 1.54) is 7.05 Å². The van der Waals surface area contributed by atoms with Gasteiger partial charge in [-0.25, -0.2) is 4.79 Å². The molecule has 1 aromatic carbocycles. The average Bonchev–Trinajstić information content (AvgIpc) is 2.48. The summed E-state index contributed by atoms with van der Waals surface area (Å²) in [7, 11) is 1.45. The molecule has 0 saturated carbocycles.